The summed E-state index contributed by atoms with van der Waals surface area (Å²) in [7, 11) is -0.726. The fraction of sp³-hybridized carbons (Fsp3) is 0.250. The van der Waals surface area contributed by atoms with E-state index >= 15 is 0 Å². The molecule has 1 rings (SSSR count). The van der Waals surface area contributed by atoms with Crippen LogP contribution in [0.25, 0.3) is 0 Å². The van der Waals surface area contributed by atoms with Gasteiger partial charge in [-0.15, -0.1) is 6.58 Å². The molecule has 0 aliphatic heterocycles. The van der Waals surface area contributed by atoms with Crippen molar-refractivity contribution in [1.82, 2.24) is 9.79 Å². The topological polar surface area (TPSA) is 75.7 Å². The molecule has 0 bridgehead atoms. The first-order valence-electron chi connectivity index (χ1n) is 5.45. The maximum Gasteiger partial charge on any atom is 0.277 e. The summed E-state index contributed by atoms with van der Waals surface area (Å²) in [5.41, 5.74) is 0.340. The zero-order chi connectivity index (χ0) is 14.5. The van der Waals surface area contributed by atoms with Crippen LogP contribution in [-0.4, -0.2) is 40.1 Å². The summed E-state index contributed by atoms with van der Waals surface area (Å²) in [6, 6.07) is 5.59. The Morgan fingerprint density at radius 2 is 2.00 bits per heavy atom. The van der Waals surface area contributed by atoms with Crippen LogP contribution in [0.4, 0.5) is 0 Å². The molecule has 6 nitrogen and oxygen atoms in total. The Morgan fingerprint density at radius 3 is 2.47 bits per heavy atom. The molecule has 0 saturated heterocycles. The summed E-state index contributed by atoms with van der Waals surface area (Å²) < 4.78 is 25.9. The predicted octanol–water partition coefficient (Wildman–Crippen LogP) is 0.784. The number of rotatable bonds is 6. The summed E-state index contributed by atoms with van der Waals surface area (Å²) >= 11 is 0. The van der Waals surface area contributed by atoms with E-state index in [0.29, 0.717) is 5.56 Å². The lowest BCUT2D eigenvalue weighted by atomic mass is 10.2. The van der Waals surface area contributed by atoms with Gasteiger partial charge in [0.15, 0.2) is 0 Å². The minimum Gasteiger partial charge on any atom is -0.274 e. The van der Waals surface area contributed by atoms with Crippen molar-refractivity contribution in [3.8, 4) is 0 Å². The predicted molar refractivity (Wildman–Crippen MR) is 70.9 cm³/mol. The van der Waals surface area contributed by atoms with E-state index in [9.17, 15) is 13.2 Å². The number of carbonyl (C=O) groups excluding carboxylic acids is 1. The van der Waals surface area contributed by atoms with Gasteiger partial charge >= 0.3 is 0 Å². The third-order valence-corrected chi connectivity index (χ3v) is 3.83. The first kappa shape index (κ1) is 15.4. The molecule has 1 N–H and O–H groups in total. The first-order chi connectivity index (χ1) is 8.92. The Kier molecular flexibility index (Phi) is 5.22. The van der Waals surface area contributed by atoms with Crippen molar-refractivity contribution in [3.05, 3.63) is 42.5 Å². The number of hydrogen-bond donors (Lipinski definition) is 1. The van der Waals surface area contributed by atoms with Crippen LogP contribution in [0.3, 0.4) is 0 Å². The number of hydroxylamine groups is 2. The monoisotopic (exact) mass is 284 g/mol. The molecule has 1 amide bonds. The van der Waals surface area contributed by atoms with E-state index < -0.39 is 10.0 Å². The molecular weight excluding hydrogens is 268 g/mol. The summed E-state index contributed by atoms with van der Waals surface area (Å²) in [5.74, 6) is -0.356. The highest BCUT2D eigenvalue weighted by Gasteiger charge is 2.15. The molecule has 1 aromatic carbocycles. The van der Waals surface area contributed by atoms with Crippen LogP contribution in [-0.2, 0) is 14.9 Å². The smallest absolute Gasteiger partial charge is 0.274 e. The average Bonchev–Trinajstić information content (AvgIpc) is 2.43. The fourth-order valence-corrected chi connectivity index (χ4v) is 2.29. The molecule has 0 radical (unpaired) electrons. The van der Waals surface area contributed by atoms with E-state index in [1.54, 1.807) is 0 Å². The van der Waals surface area contributed by atoms with Crippen molar-refractivity contribution in [3.63, 3.8) is 0 Å². The Labute approximate surface area is 112 Å². The van der Waals surface area contributed by atoms with E-state index in [1.165, 1.54) is 44.5 Å². The summed E-state index contributed by atoms with van der Waals surface area (Å²) in [6.07, 6.45) is 1.45. The number of amides is 1. The summed E-state index contributed by atoms with van der Waals surface area (Å²) in [6.45, 7) is 3.58. The highest BCUT2D eigenvalue weighted by molar-refractivity contribution is 7.89. The molecule has 1 aromatic rings. The van der Waals surface area contributed by atoms with Gasteiger partial charge in [-0.25, -0.2) is 18.2 Å². The number of nitrogens with one attached hydrogen (secondary N) is 1. The fourth-order valence-electron chi connectivity index (χ4n) is 1.29. The zero-order valence-corrected chi connectivity index (χ0v) is 11.6. The van der Waals surface area contributed by atoms with Crippen LogP contribution < -0.4 is 4.72 Å². The number of sulfonamides is 1. The maximum atomic E-state index is 11.8. The number of benzene rings is 1. The molecule has 0 atom stereocenters. The zero-order valence-electron chi connectivity index (χ0n) is 10.8. The molecule has 104 valence electrons. The third kappa shape index (κ3) is 3.88. The molecule has 0 unspecified atom stereocenters. The molecule has 7 heteroatoms. The first-order valence-corrected chi connectivity index (χ1v) is 6.93. The Morgan fingerprint density at radius 1 is 1.42 bits per heavy atom. The van der Waals surface area contributed by atoms with Crippen LogP contribution in [0.15, 0.2) is 41.8 Å². The van der Waals surface area contributed by atoms with Crippen molar-refractivity contribution in [1.29, 1.82) is 0 Å². The highest BCUT2D eigenvalue weighted by Crippen LogP contribution is 2.11. The summed E-state index contributed by atoms with van der Waals surface area (Å²) in [4.78, 5) is 16.6. The maximum absolute atomic E-state index is 11.8. The van der Waals surface area contributed by atoms with E-state index in [4.69, 9.17) is 4.84 Å². The van der Waals surface area contributed by atoms with Gasteiger partial charge in [-0.05, 0) is 24.3 Å². The molecule has 0 aliphatic carbocycles. The molecule has 0 saturated carbocycles. The molecule has 0 aliphatic rings. The van der Waals surface area contributed by atoms with Crippen LogP contribution >= 0.6 is 0 Å². The van der Waals surface area contributed by atoms with Gasteiger partial charge in [0.2, 0.25) is 10.0 Å². The molecule has 0 spiro atoms. The van der Waals surface area contributed by atoms with E-state index in [-0.39, 0.29) is 17.3 Å². The SMILES string of the molecule is C=CCNS(=O)(=O)c1ccc(C(=O)N(C)OC)cc1. The standard InChI is InChI=1S/C12H16N2O4S/c1-4-9-13-19(16,17)11-7-5-10(6-8-11)12(15)14(2)18-3/h4-8,13H,1,9H2,2-3H3. The van der Waals surface area contributed by atoms with E-state index in [2.05, 4.69) is 11.3 Å². The van der Waals surface area contributed by atoms with Crippen LogP contribution in [0.5, 0.6) is 0 Å². The van der Waals surface area contributed by atoms with Crippen molar-refractivity contribution >= 4 is 15.9 Å². The minimum atomic E-state index is -3.57. The molecule has 0 aromatic heterocycles. The van der Waals surface area contributed by atoms with Crippen LogP contribution in [0.2, 0.25) is 0 Å². The van der Waals surface area contributed by atoms with Crippen molar-refractivity contribution in [2.24, 2.45) is 0 Å². The number of nitrogens with zero attached hydrogens (tertiary/aromatic N) is 1. The summed E-state index contributed by atoms with van der Waals surface area (Å²) in [5, 5.41) is 1.06. The number of hydrogen-bond acceptors (Lipinski definition) is 4. The molecule has 19 heavy (non-hydrogen) atoms. The Hall–Kier alpha value is -1.70. The lowest BCUT2D eigenvalue weighted by Crippen LogP contribution is -2.26. The molecule has 0 fully saturated rings. The van der Waals surface area contributed by atoms with Gasteiger partial charge in [0, 0.05) is 19.2 Å². The van der Waals surface area contributed by atoms with Gasteiger partial charge in [0.25, 0.3) is 5.91 Å². The second-order valence-electron chi connectivity index (χ2n) is 3.65. The van der Waals surface area contributed by atoms with Gasteiger partial charge in [-0.2, -0.15) is 0 Å². The van der Waals surface area contributed by atoms with Gasteiger partial charge < -0.3 is 0 Å². The quantitative estimate of drug-likeness (QED) is 0.619. The van der Waals surface area contributed by atoms with Gasteiger partial charge in [-0.1, -0.05) is 6.08 Å². The van der Waals surface area contributed by atoms with Crippen molar-refractivity contribution < 1.29 is 18.0 Å². The largest absolute Gasteiger partial charge is 0.277 e. The average molecular weight is 284 g/mol. The second-order valence-corrected chi connectivity index (χ2v) is 5.42. The second kappa shape index (κ2) is 6.46. The lowest BCUT2D eigenvalue weighted by Gasteiger charge is -2.13. The highest BCUT2D eigenvalue weighted by atomic mass is 32.2. The normalized spacial score (nSPS) is 11.1. The van der Waals surface area contributed by atoms with Crippen LogP contribution in [0, 0.1) is 0 Å². The Bertz CT molecular complexity index is 552. The van der Waals surface area contributed by atoms with Gasteiger partial charge in [0.05, 0.1) is 12.0 Å². The van der Waals surface area contributed by atoms with Crippen molar-refractivity contribution in [2.45, 2.75) is 4.90 Å². The minimum absolute atomic E-state index is 0.0889. The molecule has 0 heterocycles. The number of carbonyl (C=O) groups is 1. The molecular formula is C12H16N2O4S. The van der Waals surface area contributed by atoms with Gasteiger partial charge in [0.1, 0.15) is 0 Å². The Balaban J connectivity index is 2.93. The third-order valence-electron chi connectivity index (χ3n) is 2.39. The van der Waals surface area contributed by atoms with Gasteiger partial charge in [-0.3, -0.25) is 9.63 Å². The van der Waals surface area contributed by atoms with Crippen molar-refractivity contribution in [2.75, 3.05) is 20.7 Å². The van der Waals surface area contributed by atoms with E-state index in [1.807, 2.05) is 0 Å². The van der Waals surface area contributed by atoms with Crippen LogP contribution in [0.1, 0.15) is 10.4 Å². The van der Waals surface area contributed by atoms with E-state index in [0.717, 1.165) is 5.06 Å². The lowest BCUT2D eigenvalue weighted by molar-refractivity contribution is -0.0757.